The first-order valence-corrected chi connectivity index (χ1v) is 34.1. The van der Waals surface area contributed by atoms with Crippen molar-refractivity contribution in [1.82, 2.24) is 5.32 Å². The zero-order chi connectivity index (χ0) is 55.6. The Bertz CT molecular complexity index is 1420. The van der Waals surface area contributed by atoms with Crippen LogP contribution in [0.5, 0.6) is 0 Å². The zero-order valence-corrected chi connectivity index (χ0v) is 51.9. The molecule has 0 radical (unpaired) electrons. The molecule has 3 unspecified atom stereocenters. The molecule has 0 aliphatic carbocycles. The highest BCUT2D eigenvalue weighted by Gasteiger charge is 2.28. The second kappa shape index (κ2) is 57.9. The number of unbranched alkanes of at least 4 members (excludes halogenated alkanes) is 37. The summed E-state index contributed by atoms with van der Waals surface area (Å²) in [6.45, 7) is 4.79. The molecule has 446 valence electrons. The summed E-state index contributed by atoms with van der Waals surface area (Å²) in [7, 11) is 1.60. The molecule has 3 atom stereocenters. The predicted molar refractivity (Wildman–Crippen MR) is 332 cm³/mol. The number of nitrogens with zero attached hydrogens (tertiary/aromatic N) is 1. The first kappa shape index (κ1) is 74.2. The molecule has 0 aromatic rings. The summed E-state index contributed by atoms with van der Waals surface area (Å²) < 4.78 is 23.8. The van der Waals surface area contributed by atoms with E-state index in [-0.39, 0.29) is 19.1 Å². The van der Waals surface area contributed by atoms with Crippen LogP contribution in [0, 0.1) is 0 Å². The van der Waals surface area contributed by atoms with Crippen LogP contribution in [0.15, 0.2) is 60.8 Å². The van der Waals surface area contributed by atoms with E-state index in [1.807, 2.05) is 21.1 Å². The number of nitrogens with one attached hydrogen (secondary N) is 1. The largest absolute Gasteiger partial charge is 0.472 e. The highest BCUT2D eigenvalue weighted by Crippen LogP contribution is 2.43. The number of hydrogen-bond donors (Lipinski definition) is 3. The van der Waals surface area contributed by atoms with E-state index in [2.05, 4.69) is 79.9 Å². The first-order valence-electron chi connectivity index (χ1n) is 32.7. The van der Waals surface area contributed by atoms with Crippen LogP contribution in [0.2, 0.25) is 0 Å². The number of carbonyl (C=O) groups is 1. The average Bonchev–Trinajstić information content (AvgIpc) is 3.38. The molecule has 0 aliphatic rings. The molecule has 0 heterocycles. The van der Waals surface area contributed by atoms with Gasteiger partial charge in [0.1, 0.15) is 13.2 Å². The van der Waals surface area contributed by atoms with Crippen molar-refractivity contribution in [3.63, 3.8) is 0 Å². The lowest BCUT2D eigenvalue weighted by Gasteiger charge is -2.26. The van der Waals surface area contributed by atoms with Gasteiger partial charge in [-0.1, -0.05) is 306 Å². The van der Waals surface area contributed by atoms with E-state index in [9.17, 15) is 19.4 Å². The fraction of sp³-hybridized carbons (Fsp3) is 0.836. The molecule has 0 spiro atoms. The minimum atomic E-state index is -4.34. The van der Waals surface area contributed by atoms with E-state index in [1.54, 1.807) is 0 Å². The molecule has 3 N–H and O–H groups in total. The summed E-state index contributed by atoms with van der Waals surface area (Å²) in [4.78, 5) is 23.4. The van der Waals surface area contributed by atoms with Gasteiger partial charge < -0.3 is 19.8 Å². The molecule has 0 rings (SSSR count). The van der Waals surface area contributed by atoms with Gasteiger partial charge in [0, 0.05) is 6.42 Å². The Morgan fingerprint density at radius 3 is 1.16 bits per heavy atom. The van der Waals surface area contributed by atoms with Crippen LogP contribution in [-0.4, -0.2) is 73.4 Å². The third-order valence-corrected chi connectivity index (χ3v) is 15.8. The SMILES string of the molecule is CC/C=C\C/C=C\C/C=C\C/C=C\C/C=C\CCCCCCCC(=O)NC(COP(=O)(O)OCC[N+](C)(C)C)C(O)CCCCCCCCCCCCCCCCCCCCCCCCCCCCCCCCCCC. The Hall–Kier alpha value is -1.80. The molecule has 8 nitrogen and oxygen atoms in total. The molecule has 0 fully saturated rings. The molecule has 0 saturated heterocycles. The number of carbonyl (C=O) groups excluding carboxylic acids is 1. The van der Waals surface area contributed by atoms with Gasteiger partial charge in [0.05, 0.1) is 39.9 Å². The van der Waals surface area contributed by atoms with Gasteiger partial charge in [-0.2, -0.15) is 0 Å². The van der Waals surface area contributed by atoms with Crippen LogP contribution in [0.4, 0.5) is 0 Å². The topological polar surface area (TPSA) is 105 Å². The lowest BCUT2D eigenvalue weighted by molar-refractivity contribution is -0.870. The summed E-state index contributed by atoms with van der Waals surface area (Å²) in [5.74, 6) is -0.161. The number of likely N-dealkylation sites (N-methyl/N-ethyl adjacent to an activating group) is 1. The number of allylic oxidation sites excluding steroid dienone is 10. The minimum absolute atomic E-state index is 0.0683. The molecular weight excluding hydrogens is 960 g/mol. The predicted octanol–water partition coefficient (Wildman–Crippen LogP) is 20.4. The number of quaternary nitrogens is 1. The normalized spacial score (nSPS) is 14.1. The second-order valence-corrected chi connectivity index (χ2v) is 24.9. The molecule has 0 aliphatic heterocycles. The highest BCUT2D eigenvalue weighted by atomic mass is 31.2. The van der Waals surface area contributed by atoms with Crippen molar-refractivity contribution in [2.75, 3.05) is 40.9 Å². The Morgan fingerprint density at radius 2 is 0.789 bits per heavy atom. The van der Waals surface area contributed by atoms with Gasteiger partial charge in [-0.15, -0.1) is 0 Å². The third kappa shape index (κ3) is 59.9. The number of phosphoric acid groups is 1. The number of rotatable bonds is 60. The smallest absolute Gasteiger partial charge is 0.391 e. The van der Waals surface area contributed by atoms with Crippen LogP contribution in [-0.2, 0) is 18.4 Å². The number of hydrogen-bond acceptors (Lipinski definition) is 5. The van der Waals surface area contributed by atoms with E-state index in [1.165, 1.54) is 193 Å². The van der Waals surface area contributed by atoms with Gasteiger partial charge in [-0.25, -0.2) is 4.57 Å². The summed E-state index contributed by atoms with van der Waals surface area (Å²) in [6, 6.07) is -0.776. The Labute approximate surface area is 472 Å². The Kier molecular flexibility index (Phi) is 56.5. The van der Waals surface area contributed by atoms with Crippen LogP contribution in [0.1, 0.15) is 309 Å². The summed E-state index contributed by atoms with van der Waals surface area (Å²) in [5, 5.41) is 14.1. The van der Waals surface area contributed by atoms with Gasteiger partial charge in [-0.3, -0.25) is 13.8 Å². The average molecular weight is 1090 g/mol. The van der Waals surface area contributed by atoms with Crippen molar-refractivity contribution in [2.45, 2.75) is 321 Å². The fourth-order valence-corrected chi connectivity index (χ4v) is 10.5. The van der Waals surface area contributed by atoms with Gasteiger partial charge >= 0.3 is 7.82 Å². The highest BCUT2D eigenvalue weighted by molar-refractivity contribution is 7.47. The van der Waals surface area contributed by atoms with E-state index >= 15 is 0 Å². The molecule has 1 amide bonds. The fourth-order valence-electron chi connectivity index (χ4n) is 9.72. The van der Waals surface area contributed by atoms with Crippen LogP contribution >= 0.6 is 7.82 Å². The Morgan fingerprint density at radius 1 is 0.461 bits per heavy atom. The second-order valence-electron chi connectivity index (χ2n) is 23.5. The third-order valence-electron chi connectivity index (χ3n) is 14.8. The van der Waals surface area contributed by atoms with Gasteiger partial charge in [0.25, 0.3) is 0 Å². The minimum Gasteiger partial charge on any atom is -0.391 e. The van der Waals surface area contributed by atoms with Crippen molar-refractivity contribution >= 4 is 13.7 Å². The van der Waals surface area contributed by atoms with Crippen LogP contribution in [0.3, 0.4) is 0 Å². The van der Waals surface area contributed by atoms with E-state index < -0.39 is 20.0 Å². The standard InChI is InChI=1S/C67H127N2O6P/c1-6-8-10-12-14-16-18-20-22-24-26-28-29-30-31-32-33-34-35-36-37-38-39-41-42-44-46-48-50-52-54-56-58-60-66(70)65(64-75-76(72,73)74-63-62-69(3,4)5)68-67(71)61-59-57-55-53-51-49-47-45-43-40-27-25-23-21-19-17-15-13-11-9-7-2/h9,11,15,17,21,23,27,40,45,47,65-66,70H,6-8,10,12-14,16,18-20,22,24-26,28-39,41-44,46,48-64H2,1-5H3,(H-,68,71,72,73)/p+1/b11-9-,17-15-,23-21-,40-27-,47-45-. The van der Waals surface area contributed by atoms with E-state index in [0.717, 1.165) is 89.9 Å². The van der Waals surface area contributed by atoms with Crippen LogP contribution < -0.4 is 5.32 Å². The molecular formula is C67H128N2O6P+. The van der Waals surface area contributed by atoms with Crippen molar-refractivity contribution in [3.05, 3.63) is 60.8 Å². The molecule has 76 heavy (non-hydrogen) atoms. The molecule has 0 aromatic heterocycles. The Balaban J connectivity index is 4.05. The lowest BCUT2D eigenvalue weighted by atomic mass is 10.0. The quantitative estimate of drug-likeness (QED) is 0.0243. The van der Waals surface area contributed by atoms with Crippen molar-refractivity contribution in [1.29, 1.82) is 0 Å². The number of aliphatic hydroxyl groups is 1. The van der Waals surface area contributed by atoms with Gasteiger partial charge in [0.15, 0.2) is 0 Å². The lowest BCUT2D eigenvalue weighted by Crippen LogP contribution is -2.46. The maximum atomic E-state index is 13.0. The number of phosphoric ester groups is 1. The molecule has 0 aromatic carbocycles. The monoisotopic (exact) mass is 1090 g/mol. The molecule has 0 bridgehead atoms. The molecule has 0 saturated carbocycles. The van der Waals surface area contributed by atoms with E-state index in [0.29, 0.717) is 23.9 Å². The van der Waals surface area contributed by atoms with E-state index in [4.69, 9.17) is 9.05 Å². The molecule has 9 heteroatoms. The number of amides is 1. The van der Waals surface area contributed by atoms with Gasteiger partial charge in [-0.05, 0) is 57.8 Å². The summed E-state index contributed by atoms with van der Waals surface area (Å²) in [5.41, 5.74) is 0. The first-order chi connectivity index (χ1) is 37.0. The summed E-state index contributed by atoms with van der Waals surface area (Å²) in [6.07, 6.45) is 78.9. The number of aliphatic hydroxyl groups excluding tert-OH is 1. The summed E-state index contributed by atoms with van der Waals surface area (Å²) >= 11 is 0. The zero-order valence-electron chi connectivity index (χ0n) is 51.0. The van der Waals surface area contributed by atoms with Gasteiger partial charge in [0.2, 0.25) is 5.91 Å². The maximum Gasteiger partial charge on any atom is 0.472 e. The van der Waals surface area contributed by atoms with Crippen LogP contribution in [0.25, 0.3) is 0 Å². The van der Waals surface area contributed by atoms with Crippen molar-refractivity contribution in [3.8, 4) is 0 Å². The maximum absolute atomic E-state index is 13.0. The van der Waals surface area contributed by atoms with Crippen molar-refractivity contribution < 1.29 is 32.9 Å². The van der Waals surface area contributed by atoms with Crippen molar-refractivity contribution in [2.24, 2.45) is 0 Å².